The summed E-state index contributed by atoms with van der Waals surface area (Å²) in [6.07, 6.45) is 1.42. The van der Waals surface area contributed by atoms with Crippen molar-refractivity contribution in [2.75, 3.05) is 0 Å². The van der Waals surface area contributed by atoms with Crippen LogP contribution in [0.5, 0.6) is 0 Å². The van der Waals surface area contributed by atoms with E-state index in [4.69, 9.17) is 5.73 Å². The fourth-order valence-electron chi connectivity index (χ4n) is 2.08. The Morgan fingerprint density at radius 3 is 2.53 bits per heavy atom. The van der Waals surface area contributed by atoms with E-state index in [0.717, 1.165) is 16.7 Å². The van der Waals surface area contributed by atoms with Gasteiger partial charge in [-0.1, -0.05) is 30.3 Å². The smallest absolute Gasteiger partial charge is 0.258 e. The van der Waals surface area contributed by atoms with E-state index in [1.165, 1.54) is 6.33 Å². The van der Waals surface area contributed by atoms with Gasteiger partial charge in [-0.15, -0.1) is 0 Å². The van der Waals surface area contributed by atoms with Crippen molar-refractivity contribution in [1.29, 1.82) is 0 Å². The number of H-pyrrole nitrogens is 1. The summed E-state index contributed by atoms with van der Waals surface area (Å²) in [5.74, 6) is 0. The summed E-state index contributed by atoms with van der Waals surface area (Å²) >= 11 is 0. The van der Waals surface area contributed by atoms with Crippen LogP contribution in [0.4, 0.5) is 0 Å². The topological polar surface area (TPSA) is 71.8 Å². The number of nitrogens with zero attached hydrogens (tertiary/aromatic N) is 1. The van der Waals surface area contributed by atoms with Gasteiger partial charge in [-0.2, -0.15) is 0 Å². The van der Waals surface area contributed by atoms with Crippen molar-refractivity contribution in [3.63, 3.8) is 0 Å². The third-order valence-electron chi connectivity index (χ3n) is 3.16. The third-order valence-corrected chi connectivity index (χ3v) is 3.16. The van der Waals surface area contributed by atoms with Gasteiger partial charge in [0.2, 0.25) is 0 Å². The maximum Gasteiger partial charge on any atom is 0.258 e. The van der Waals surface area contributed by atoms with Crippen molar-refractivity contribution in [3.8, 4) is 11.1 Å². The van der Waals surface area contributed by atoms with Crippen molar-refractivity contribution >= 4 is 10.9 Å². The van der Waals surface area contributed by atoms with E-state index < -0.39 is 0 Å². The van der Waals surface area contributed by atoms with Gasteiger partial charge in [0.15, 0.2) is 0 Å². The molecule has 1 heterocycles. The van der Waals surface area contributed by atoms with Gasteiger partial charge in [0.25, 0.3) is 5.56 Å². The van der Waals surface area contributed by atoms with Crippen LogP contribution < -0.4 is 11.3 Å². The number of benzene rings is 2. The molecule has 3 aromatic rings. The molecule has 0 atom stereocenters. The van der Waals surface area contributed by atoms with Crippen molar-refractivity contribution in [2.45, 2.75) is 6.54 Å². The van der Waals surface area contributed by atoms with Gasteiger partial charge in [0, 0.05) is 6.54 Å². The molecule has 0 saturated carbocycles. The quantitative estimate of drug-likeness (QED) is 0.732. The molecule has 4 heteroatoms. The zero-order valence-electron chi connectivity index (χ0n) is 10.3. The van der Waals surface area contributed by atoms with Gasteiger partial charge in [-0.3, -0.25) is 4.79 Å². The molecule has 0 saturated heterocycles. The summed E-state index contributed by atoms with van der Waals surface area (Å²) in [7, 11) is 0. The van der Waals surface area contributed by atoms with Crippen molar-refractivity contribution in [2.24, 2.45) is 5.73 Å². The second-order valence-electron chi connectivity index (χ2n) is 4.36. The number of aromatic nitrogens is 2. The van der Waals surface area contributed by atoms with Crippen LogP contribution in [0.15, 0.2) is 53.6 Å². The number of rotatable bonds is 2. The van der Waals surface area contributed by atoms with E-state index in [9.17, 15) is 4.79 Å². The molecule has 0 amide bonds. The minimum absolute atomic E-state index is 0.116. The molecule has 94 valence electrons. The van der Waals surface area contributed by atoms with Crippen LogP contribution in [0.25, 0.3) is 22.0 Å². The SMILES string of the molecule is NCc1ccc(-c2ccc3c(=O)[nH]cnc3c2)cc1. The molecule has 0 bridgehead atoms. The lowest BCUT2D eigenvalue weighted by atomic mass is 10.0. The van der Waals surface area contributed by atoms with Gasteiger partial charge < -0.3 is 10.7 Å². The first-order valence-electron chi connectivity index (χ1n) is 6.05. The fraction of sp³-hybridized carbons (Fsp3) is 0.0667. The summed E-state index contributed by atoms with van der Waals surface area (Å²) in [5.41, 5.74) is 9.38. The minimum Gasteiger partial charge on any atom is -0.326 e. The molecule has 3 rings (SSSR count). The summed E-state index contributed by atoms with van der Waals surface area (Å²) in [6, 6.07) is 13.7. The first kappa shape index (κ1) is 11.6. The lowest BCUT2D eigenvalue weighted by Crippen LogP contribution is -2.05. The van der Waals surface area contributed by atoms with Crippen molar-refractivity contribution < 1.29 is 0 Å². The normalized spacial score (nSPS) is 10.8. The van der Waals surface area contributed by atoms with E-state index in [2.05, 4.69) is 9.97 Å². The highest BCUT2D eigenvalue weighted by Gasteiger charge is 2.03. The summed E-state index contributed by atoms with van der Waals surface area (Å²) in [5, 5.41) is 0.602. The monoisotopic (exact) mass is 251 g/mol. The van der Waals surface area contributed by atoms with Crippen molar-refractivity contribution in [1.82, 2.24) is 9.97 Å². The van der Waals surface area contributed by atoms with Gasteiger partial charge in [-0.05, 0) is 28.8 Å². The predicted octanol–water partition coefficient (Wildman–Crippen LogP) is 2.05. The molecule has 19 heavy (non-hydrogen) atoms. The van der Waals surface area contributed by atoms with Crippen LogP contribution in [0, 0.1) is 0 Å². The number of fused-ring (bicyclic) bond motifs is 1. The predicted molar refractivity (Wildman–Crippen MR) is 75.7 cm³/mol. The number of hydrogen-bond donors (Lipinski definition) is 2. The van der Waals surface area contributed by atoms with Gasteiger partial charge >= 0.3 is 0 Å². The second kappa shape index (κ2) is 4.66. The number of hydrogen-bond acceptors (Lipinski definition) is 3. The average Bonchev–Trinajstić information content (AvgIpc) is 2.47. The van der Waals surface area contributed by atoms with E-state index in [-0.39, 0.29) is 5.56 Å². The minimum atomic E-state index is -0.116. The number of aromatic amines is 1. The van der Waals surface area contributed by atoms with E-state index in [0.29, 0.717) is 17.4 Å². The Balaban J connectivity index is 2.12. The molecule has 4 nitrogen and oxygen atoms in total. The Hall–Kier alpha value is -2.46. The molecule has 2 aromatic carbocycles. The Bertz CT molecular complexity index is 775. The van der Waals surface area contributed by atoms with E-state index >= 15 is 0 Å². The largest absolute Gasteiger partial charge is 0.326 e. The molecule has 0 aliphatic rings. The van der Waals surface area contributed by atoms with E-state index in [1.807, 2.05) is 36.4 Å². The van der Waals surface area contributed by atoms with Crippen LogP contribution >= 0.6 is 0 Å². The maximum atomic E-state index is 11.6. The van der Waals surface area contributed by atoms with Gasteiger partial charge in [0.1, 0.15) is 0 Å². The Labute approximate surface area is 109 Å². The molecular weight excluding hydrogens is 238 g/mol. The fourth-order valence-corrected chi connectivity index (χ4v) is 2.08. The van der Waals surface area contributed by atoms with Crippen LogP contribution in [0.3, 0.4) is 0 Å². The molecule has 0 spiro atoms. The lowest BCUT2D eigenvalue weighted by molar-refractivity contribution is 1.07. The van der Waals surface area contributed by atoms with Crippen LogP contribution in [-0.2, 0) is 6.54 Å². The first-order chi connectivity index (χ1) is 9.28. The Kier molecular flexibility index (Phi) is 2.85. The average molecular weight is 251 g/mol. The molecule has 3 N–H and O–H groups in total. The molecule has 0 radical (unpaired) electrons. The summed E-state index contributed by atoms with van der Waals surface area (Å²) in [6.45, 7) is 0.537. The maximum absolute atomic E-state index is 11.6. The highest BCUT2D eigenvalue weighted by Crippen LogP contribution is 2.22. The molecule has 1 aromatic heterocycles. The zero-order valence-corrected chi connectivity index (χ0v) is 10.3. The highest BCUT2D eigenvalue weighted by molar-refractivity contribution is 5.83. The number of nitrogens with two attached hydrogens (primary N) is 1. The second-order valence-corrected chi connectivity index (χ2v) is 4.36. The zero-order chi connectivity index (χ0) is 13.2. The molecule has 0 aliphatic heterocycles. The Morgan fingerprint density at radius 2 is 1.79 bits per heavy atom. The molecule has 0 aliphatic carbocycles. The summed E-state index contributed by atoms with van der Waals surface area (Å²) < 4.78 is 0. The Morgan fingerprint density at radius 1 is 1.05 bits per heavy atom. The molecule has 0 fully saturated rings. The highest BCUT2D eigenvalue weighted by atomic mass is 16.1. The first-order valence-corrected chi connectivity index (χ1v) is 6.05. The van der Waals surface area contributed by atoms with Crippen LogP contribution in [0.2, 0.25) is 0 Å². The lowest BCUT2D eigenvalue weighted by Gasteiger charge is -2.04. The number of nitrogens with one attached hydrogen (secondary N) is 1. The standard InChI is InChI=1S/C15H13N3O/c16-8-10-1-3-11(4-2-10)12-5-6-13-14(7-12)17-9-18-15(13)19/h1-7,9H,8,16H2,(H,17,18,19). The molecular formula is C15H13N3O. The van der Waals surface area contributed by atoms with Crippen molar-refractivity contribution in [3.05, 3.63) is 64.7 Å². The van der Waals surface area contributed by atoms with E-state index in [1.54, 1.807) is 6.07 Å². The third kappa shape index (κ3) is 2.13. The van der Waals surface area contributed by atoms with Crippen LogP contribution in [-0.4, -0.2) is 9.97 Å². The van der Waals surface area contributed by atoms with Crippen LogP contribution in [0.1, 0.15) is 5.56 Å². The van der Waals surface area contributed by atoms with Gasteiger partial charge in [0.05, 0.1) is 17.2 Å². The summed E-state index contributed by atoms with van der Waals surface area (Å²) in [4.78, 5) is 18.4. The molecule has 0 unspecified atom stereocenters. The van der Waals surface area contributed by atoms with Gasteiger partial charge in [-0.25, -0.2) is 4.98 Å².